The molecule has 75 valence electrons. The third-order valence-corrected chi connectivity index (χ3v) is 2.09. The molecule has 4 heteroatoms. The maximum atomic E-state index is 8.96. The maximum absolute atomic E-state index is 8.96. The molecule has 0 aromatic carbocycles. The minimum atomic E-state index is -0.535. The second-order valence-corrected chi connectivity index (χ2v) is 3.71. The van der Waals surface area contributed by atoms with Gasteiger partial charge in [0, 0.05) is 50.5 Å². The first-order valence-electron chi connectivity index (χ1n) is 4.54. The van der Waals surface area contributed by atoms with Crippen molar-refractivity contribution in [2.45, 2.75) is 51.6 Å². The SMILES string of the molecule is CCC1CC(CO)OC(C)(C)O1.[Ac]. The van der Waals surface area contributed by atoms with Gasteiger partial charge in [0.25, 0.3) is 0 Å². The van der Waals surface area contributed by atoms with Crippen LogP contribution in [0.1, 0.15) is 33.6 Å². The monoisotopic (exact) mass is 401 g/mol. The van der Waals surface area contributed by atoms with E-state index in [2.05, 4.69) is 6.92 Å². The molecule has 0 spiro atoms. The Hall–Kier alpha value is 1.32. The Kier molecular flexibility index (Phi) is 6.64. The third-order valence-electron chi connectivity index (χ3n) is 2.09. The van der Waals surface area contributed by atoms with E-state index >= 15 is 0 Å². The molecule has 1 radical (unpaired) electrons. The van der Waals surface area contributed by atoms with Gasteiger partial charge in [0.05, 0.1) is 18.8 Å². The van der Waals surface area contributed by atoms with Crippen LogP contribution in [0.5, 0.6) is 0 Å². The van der Waals surface area contributed by atoms with Crippen molar-refractivity contribution in [1.29, 1.82) is 0 Å². The van der Waals surface area contributed by atoms with E-state index in [9.17, 15) is 0 Å². The van der Waals surface area contributed by atoms with Gasteiger partial charge in [0.15, 0.2) is 5.79 Å². The zero-order valence-electron chi connectivity index (χ0n) is 8.62. The van der Waals surface area contributed by atoms with Crippen molar-refractivity contribution < 1.29 is 58.6 Å². The van der Waals surface area contributed by atoms with E-state index in [1.165, 1.54) is 0 Å². The summed E-state index contributed by atoms with van der Waals surface area (Å²) in [5.41, 5.74) is 0. The molecular formula is C9H18AcO3. The van der Waals surface area contributed by atoms with Gasteiger partial charge >= 0.3 is 0 Å². The van der Waals surface area contributed by atoms with E-state index in [1.54, 1.807) is 0 Å². The van der Waals surface area contributed by atoms with Crippen LogP contribution in [-0.4, -0.2) is 29.7 Å². The molecule has 0 aliphatic carbocycles. The standard InChI is InChI=1S/C9H18O3.Ac/c1-4-7-5-8(6-10)12-9(2,3)11-7;/h7-8,10H,4-6H2,1-3H3;. The Labute approximate surface area is 116 Å². The molecule has 0 saturated carbocycles. The van der Waals surface area contributed by atoms with Crippen LogP contribution >= 0.6 is 0 Å². The second kappa shape index (κ2) is 6.03. The fraction of sp³-hybridized carbons (Fsp3) is 1.00. The minimum Gasteiger partial charge on any atom is -0.394 e. The number of ether oxygens (including phenoxy) is 2. The summed E-state index contributed by atoms with van der Waals surface area (Å²) in [6.07, 6.45) is 1.95. The Morgan fingerprint density at radius 3 is 2.31 bits per heavy atom. The summed E-state index contributed by atoms with van der Waals surface area (Å²) < 4.78 is 11.1. The van der Waals surface area contributed by atoms with Gasteiger partial charge in [-0.15, -0.1) is 0 Å². The molecule has 2 atom stereocenters. The first-order chi connectivity index (χ1) is 5.57. The van der Waals surface area contributed by atoms with Gasteiger partial charge in [0.1, 0.15) is 0 Å². The molecule has 1 rings (SSSR count). The van der Waals surface area contributed by atoms with E-state index in [4.69, 9.17) is 14.6 Å². The number of aliphatic hydroxyl groups excluding tert-OH is 1. The number of hydrogen-bond acceptors (Lipinski definition) is 3. The zero-order chi connectivity index (χ0) is 9.19. The van der Waals surface area contributed by atoms with Crippen LogP contribution in [0.15, 0.2) is 0 Å². The van der Waals surface area contributed by atoms with Crippen molar-refractivity contribution in [3.05, 3.63) is 0 Å². The van der Waals surface area contributed by atoms with E-state index in [1.807, 2.05) is 13.8 Å². The van der Waals surface area contributed by atoms with Crippen molar-refractivity contribution in [3.8, 4) is 0 Å². The average molecular weight is 401 g/mol. The summed E-state index contributed by atoms with van der Waals surface area (Å²) in [7, 11) is 0. The van der Waals surface area contributed by atoms with Gasteiger partial charge in [0.2, 0.25) is 0 Å². The molecule has 0 aromatic heterocycles. The van der Waals surface area contributed by atoms with Crippen molar-refractivity contribution in [3.63, 3.8) is 0 Å². The predicted octanol–water partition coefficient (Wildman–Crippen LogP) is 1.30. The Balaban J connectivity index is 0.00000144. The van der Waals surface area contributed by atoms with Gasteiger partial charge in [-0.3, -0.25) is 0 Å². The first-order valence-corrected chi connectivity index (χ1v) is 4.54. The summed E-state index contributed by atoms with van der Waals surface area (Å²) in [4.78, 5) is 0. The van der Waals surface area contributed by atoms with Gasteiger partial charge < -0.3 is 14.6 Å². The smallest absolute Gasteiger partial charge is 0.163 e. The first kappa shape index (κ1) is 14.3. The molecule has 1 aliphatic rings. The quantitative estimate of drug-likeness (QED) is 0.759. The summed E-state index contributed by atoms with van der Waals surface area (Å²) in [6, 6.07) is 0. The van der Waals surface area contributed by atoms with Gasteiger partial charge in [-0.25, -0.2) is 0 Å². The summed E-state index contributed by atoms with van der Waals surface area (Å²) >= 11 is 0. The van der Waals surface area contributed by atoms with Gasteiger partial charge in [-0.1, -0.05) is 6.92 Å². The fourth-order valence-corrected chi connectivity index (χ4v) is 1.58. The molecule has 0 amide bonds. The number of hydrogen-bond donors (Lipinski definition) is 1. The van der Waals surface area contributed by atoms with Crippen LogP contribution in [0.25, 0.3) is 0 Å². The van der Waals surface area contributed by atoms with E-state index in [0.29, 0.717) is 0 Å². The van der Waals surface area contributed by atoms with E-state index < -0.39 is 5.79 Å². The van der Waals surface area contributed by atoms with Crippen LogP contribution in [0.2, 0.25) is 0 Å². The summed E-state index contributed by atoms with van der Waals surface area (Å²) in [5.74, 6) is -0.535. The summed E-state index contributed by atoms with van der Waals surface area (Å²) in [5, 5.41) is 8.96. The zero-order valence-corrected chi connectivity index (χ0v) is 13.4. The van der Waals surface area contributed by atoms with Gasteiger partial charge in [-0.2, -0.15) is 0 Å². The fourth-order valence-electron chi connectivity index (χ4n) is 1.58. The van der Waals surface area contributed by atoms with Crippen molar-refractivity contribution in [2.24, 2.45) is 0 Å². The average Bonchev–Trinajstić information content (AvgIpc) is 2.01. The van der Waals surface area contributed by atoms with Crippen molar-refractivity contribution >= 4 is 0 Å². The molecule has 0 bridgehead atoms. The number of aliphatic hydroxyl groups is 1. The largest absolute Gasteiger partial charge is 0.394 e. The third kappa shape index (κ3) is 4.57. The molecular weight excluding hydrogens is 383 g/mol. The Morgan fingerprint density at radius 1 is 1.31 bits per heavy atom. The molecule has 0 aromatic rings. The molecule has 1 saturated heterocycles. The maximum Gasteiger partial charge on any atom is 0.163 e. The normalized spacial score (nSPS) is 32.3. The van der Waals surface area contributed by atoms with E-state index in [0.717, 1.165) is 12.8 Å². The second-order valence-electron chi connectivity index (χ2n) is 3.71. The molecule has 13 heavy (non-hydrogen) atoms. The van der Waals surface area contributed by atoms with Crippen molar-refractivity contribution in [2.75, 3.05) is 6.61 Å². The van der Waals surface area contributed by atoms with Crippen LogP contribution < -0.4 is 0 Å². The van der Waals surface area contributed by atoms with Gasteiger partial charge in [-0.05, 0) is 20.3 Å². The minimum absolute atomic E-state index is 0. The van der Waals surface area contributed by atoms with Crippen LogP contribution in [0.3, 0.4) is 0 Å². The predicted molar refractivity (Wildman–Crippen MR) is 45.8 cm³/mol. The van der Waals surface area contributed by atoms with Crippen LogP contribution in [0.4, 0.5) is 0 Å². The van der Waals surface area contributed by atoms with Crippen LogP contribution in [0, 0.1) is 44.1 Å². The molecule has 1 N–H and O–H groups in total. The molecule has 1 heterocycles. The number of rotatable bonds is 2. The Bertz CT molecular complexity index is 136. The van der Waals surface area contributed by atoms with Crippen molar-refractivity contribution in [1.82, 2.24) is 0 Å². The van der Waals surface area contributed by atoms with E-state index in [-0.39, 0.29) is 62.9 Å². The molecule has 1 aliphatic heterocycles. The van der Waals surface area contributed by atoms with Crippen LogP contribution in [-0.2, 0) is 9.47 Å². The molecule has 3 nitrogen and oxygen atoms in total. The Morgan fingerprint density at radius 2 is 1.85 bits per heavy atom. The topological polar surface area (TPSA) is 38.7 Å². The molecule has 1 fully saturated rings. The molecule has 2 unspecified atom stereocenters. The summed E-state index contributed by atoms with van der Waals surface area (Å²) in [6.45, 7) is 5.94.